The minimum atomic E-state index is -3.12. The monoisotopic (exact) mass is 296 g/mol. The minimum absolute atomic E-state index is 0.165. The van der Waals surface area contributed by atoms with Crippen molar-refractivity contribution in [1.29, 1.82) is 0 Å². The maximum absolute atomic E-state index is 12.0. The van der Waals surface area contributed by atoms with Crippen molar-refractivity contribution in [2.24, 2.45) is 0 Å². The third-order valence-corrected chi connectivity index (χ3v) is 5.83. The summed E-state index contributed by atoms with van der Waals surface area (Å²) in [6, 6.07) is 0.165. The minimum Gasteiger partial charge on any atom is -0.303 e. The Morgan fingerprint density at radius 1 is 1.33 bits per heavy atom. The molecule has 1 fully saturated rings. The number of nitrogens with zero attached hydrogens (tertiary/aromatic N) is 2. The number of alkyl halides is 1. The first-order valence-corrected chi connectivity index (χ1v) is 8.89. The summed E-state index contributed by atoms with van der Waals surface area (Å²) in [6.07, 6.45) is 3.57. The Labute approximate surface area is 116 Å². The quantitative estimate of drug-likeness (QED) is 0.672. The maximum Gasteiger partial charge on any atom is 0.214 e. The topological polar surface area (TPSA) is 40.6 Å². The first kappa shape index (κ1) is 16.2. The van der Waals surface area contributed by atoms with E-state index in [1.165, 1.54) is 0 Å². The second kappa shape index (κ2) is 7.68. The lowest BCUT2D eigenvalue weighted by atomic mass is 10.1. The van der Waals surface area contributed by atoms with Crippen LogP contribution in [0.1, 0.15) is 32.6 Å². The van der Waals surface area contributed by atoms with Crippen LogP contribution in [0.25, 0.3) is 0 Å². The molecule has 1 heterocycles. The van der Waals surface area contributed by atoms with Crippen LogP contribution in [0.3, 0.4) is 0 Å². The van der Waals surface area contributed by atoms with E-state index in [1.807, 2.05) is 0 Å². The summed E-state index contributed by atoms with van der Waals surface area (Å²) in [5, 5.41) is 0. The van der Waals surface area contributed by atoms with Crippen LogP contribution in [0.4, 0.5) is 0 Å². The van der Waals surface area contributed by atoms with E-state index in [4.69, 9.17) is 11.6 Å². The predicted molar refractivity (Wildman–Crippen MR) is 76.6 cm³/mol. The number of hydrogen-bond donors (Lipinski definition) is 0. The lowest BCUT2D eigenvalue weighted by Crippen LogP contribution is -2.46. The third kappa shape index (κ3) is 4.68. The van der Waals surface area contributed by atoms with E-state index in [0.717, 1.165) is 38.9 Å². The van der Waals surface area contributed by atoms with Gasteiger partial charge in [-0.2, -0.15) is 0 Å². The van der Waals surface area contributed by atoms with Gasteiger partial charge >= 0.3 is 0 Å². The Kier molecular flexibility index (Phi) is 6.92. The van der Waals surface area contributed by atoms with Crippen LogP contribution in [0.5, 0.6) is 0 Å². The Hall–Kier alpha value is 0.160. The first-order chi connectivity index (χ1) is 8.51. The average Bonchev–Trinajstić information content (AvgIpc) is 2.37. The fourth-order valence-corrected chi connectivity index (χ4v) is 4.19. The number of sulfonamides is 1. The molecule has 1 saturated heterocycles. The number of halogens is 1. The lowest BCUT2D eigenvalue weighted by Gasteiger charge is -2.36. The average molecular weight is 297 g/mol. The van der Waals surface area contributed by atoms with Gasteiger partial charge < -0.3 is 4.90 Å². The van der Waals surface area contributed by atoms with Gasteiger partial charge in [0.2, 0.25) is 10.0 Å². The van der Waals surface area contributed by atoms with E-state index in [-0.39, 0.29) is 11.8 Å². The van der Waals surface area contributed by atoms with E-state index >= 15 is 0 Å². The molecule has 0 aromatic rings. The molecule has 0 saturated carbocycles. The van der Waals surface area contributed by atoms with Gasteiger partial charge in [-0.15, -0.1) is 11.6 Å². The summed E-state index contributed by atoms with van der Waals surface area (Å²) in [5.41, 5.74) is 0. The smallest absolute Gasteiger partial charge is 0.214 e. The van der Waals surface area contributed by atoms with Crippen LogP contribution in [0, 0.1) is 0 Å². The number of piperidine rings is 1. The summed E-state index contributed by atoms with van der Waals surface area (Å²) >= 11 is 5.56. The molecule has 18 heavy (non-hydrogen) atoms. The second-order valence-electron chi connectivity index (χ2n) is 4.95. The molecule has 1 aliphatic heterocycles. The van der Waals surface area contributed by atoms with Crippen molar-refractivity contribution in [2.45, 2.75) is 38.6 Å². The van der Waals surface area contributed by atoms with Crippen LogP contribution < -0.4 is 0 Å². The molecule has 1 rings (SSSR count). The fourth-order valence-electron chi connectivity index (χ4n) is 2.43. The molecule has 0 bridgehead atoms. The zero-order valence-corrected chi connectivity index (χ0v) is 13.0. The van der Waals surface area contributed by atoms with Crippen molar-refractivity contribution >= 4 is 21.6 Å². The lowest BCUT2D eigenvalue weighted by molar-refractivity contribution is 0.170. The molecule has 0 spiro atoms. The van der Waals surface area contributed by atoms with Gasteiger partial charge in [-0.1, -0.05) is 6.92 Å². The van der Waals surface area contributed by atoms with E-state index < -0.39 is 10.0 Å². The molecular formula is C12H25ClN2O2S. The summed E-state index contributed by atoms with van der Waals surface area (Å²) in [5.74, 6) is 0.574. The second-order valence-corrected chi connectivity index (χ2v) is 7.47. The Bertz CT molecular complexity index is 327. The summed E-state index contributed by atoms with van der Waals surface area (Å²) in [6.45, 7) is 5.31. The molecule has 4 nitrogen and oxygen atoms in total. The summed E-state index contributed by atoms with van der Waals surface area (Å²) in [4.78, 5) is 2.41. The molecule has 0 amide bonds. The van der Waals surface area contributed by atoms with E-state index in [1.54, 1.807) is 11.4 Å². The summed E-state index contributed by atoms with van der Waals surface area (Å²) in [7, 11) is -1.41. The molecule has 0 atom stereocenters. The van der Waals surface area contributed by atoms with Gasteiger partial charge in [0.15, 0.2) is 0 Å². The van der Waals surface area contributed by atoms with Gasteiger partial charge in [0, 0.05) is 19.0 Å². The van der Waals surface area contributed by atoms with E-state index in [9.17, 15) is 8.42 Å². The van der Waals surface area contributed by atoms with Crippen molar-refractivity contribution in [3.63, 3.8) is 0 Å². The van der Waals surface area contributed by atoms with Gasteiger partial charge in [-0.25, -0.2) is 12.7 Å². The zero-order chi connectivity index (χ0) is 13.6. The van der Waals surface area contributed by atoms with Crippen molar-refractivity contribution < 1.29 is 8.42 Å². The summed E-state index contributed by atoms with van der Waals surface area (Å²) < 4.78 is 25.7. The predicted octanol–water partition coefficient (Wildman–Crippen LogP) is 1.75. The number of hydrogen-bond acceptors (Lipinski definition) is 3. The van der Waals surface area contributed by atoms with Gasteiger partial charge in [0.05, 0.1) is 5.75 Å². The van der Waals surface area contributed by atoms with Gasteiger partial charge in [-0.05, 0) is 45.3 Å². The van der Waals surface area contributed by atoms with Crippen molar-refractivity contribution in [1.82, 2.24) is 9.21 Å². The highest BCUT2D eigenvalue weighted by Gasteiger charge is 2.28. The highest BCUT2D eigenvalue weighted by Crippen LogP contribution is 2.18. The van der Waals surface area contributed by atoms with Crippen LogP contribution in [-0.2, 0) is 10.0 Å². The number of rotatable bonds is 7. The molecule has 1 aliphatic rings. The Morgan fingerprint density at radius 3 is 2.44 bits per heavy atom. The van der Waals surface area contributed by atoms with E-state index in [0.29, 0.717) is 12.3 Å². The molecular weight excluding hydrogens is 272 g/mol. The van der Waals surface area contributed by atoms with Crippen LogP contribution in [-0.4, -0.2) is 62.0 Å². The molecule has 6 heteroatoms. The van der Waals surface area contributed by atoms with Crippen molar-refractivity contribution in [3.8, 4) is 0 Å². The molecule has 108 valence electrons. The molecule has 0 aromatic heterocycles. The number of likely N-dealkylation sites (tertiary alicyclic amines) is 1. The highest BCUT2D eigenvalue weighted by atomic mass is 35.5. The van der Waals surface area contributed by atoms with Crippen molar-refractivity contribution in [2.75, 3.05) is 38.3 Å². The van der Waals surface area contributed by atoms with E-state index in [2.05, 4.69) is 11.8 Å². The van der Waals surface area contributed by atoms with Gasteiger partial charge in [-0.3, -0.25) is 0 Å². The molecule has 0 aliphatic carbocycles. The highest BCUT2D eigenvalue weighted by molar-refractivity contribution is 7.89. The Morgan fingerprint density at radius 2 is 1.94 bits per heavy atom. The maximum atomic E-state index is 12.0. The first-order valence-electron chi connectivity index (χ1n) is 6.75. The molecule has 0 radical (unpaired) electrons. The SMILES string of the molecule is CCCN1CCC(N(C)S(=O)(=O)CCCCl)CC1. The standard InChI is InChI=1S/C12H25ClN2O2S/c1-3-8-15-9-5-12(6-10-15)14(2)18(16,17)11-4-7-13/h12H,3-11H2,1-2H3. The van der Waals surface area contributed by atoms with Crippen LogP contribution in [0.15, 0.2) is 0 Å². The molecule has 0 aromatic carbocycles. The van der Waals surface area contributed by atoms with Gasteiger partial charge in [0.25, 0.3) is 0 Å². The molecule has 0 N–H and O–H groups in total. The normalized spacial score (nSPS) is 19.6. The van der Waals surface area contributed by atoms with Crippen LogP contribution >= 0.6 is 11.6 Å². The third-order valence-electron chi connectivity index (χ3n) is 3.59. The fraction of sp³-hybridized carbons (Fsp3) is 1.00. The van der Waals surface area contributed by atoms with Crippen LogP contribution in [0.2, 0.25) is 0 Å². The van der Waals surface area contributed by atoms with Gasteiger partial charge in [0.1, 0.15) is 0 Å². The zero-order valence-electron chi connectivity index (χ0n) is 11.4. The Balaban J connectivity index is 2.46. The van der Waals surface area contributed by atoms with Crippen molar-refractivity contribution in [3.05, 3.63) is 0 Å². The largest absolute Gasteiger partial charge is 0.303 e. The molecule has 0 unspecified atom stereocenters.